The Balaban J connectivity index is 3.34. The Morgan fingerprint density at radius 2 is 2.00 bits per heavy atom. The van der Waals surface area contributed by atoms with Crippen LogP contribution in [0.3, 0.4) is 0 Å². The number of ether oxygens (including phenoxy) is 3. The summed E-state index contributed by atoms with van der Waals surface area (Å²) in [5, 5.41) is 8.02. The summed E-state index contributed by atoms with van der Waals surface area (Å²) >= 11 is 0. The van der Waals surface area contributed by atoms with Crippen molar-refractivity contribution in [3.63, 3.8) is 0 Å². The molecule has 0 heterocycles. The third-order valence-corrected chi connectivity index (χ3v) is 0.869. The van der Waals surface area contributed by atoms with Gasteiger partial charge in [0.2, 0.25) is 0 Å². The van der Waals surface area contributed by atoms with Crippen LogP contribution < -0.4 is 0 Å². The van der Waals surface area contributed by atoms with Gasteiger partial charge in [0.1, 0.15) is 6.61 Å². The van der Waals surface area contributed by atoms with E-state index in [1.54, 1.807) is 0 Å². The average molecular weight is 150 g/mol. The second kappa shape index (κ2) is 5.01. The third-order valence-electron chi connectivity index (χ3n) is 0.869. The summed E-state index contributed by atoms with van der Waals surface area (Å²) in [4.78, 5) is 9.80. The molecule has 5 heteroatoms. The molecule has 0 fully saturated rings. The van der Waals surface area contributed by atoms with E-state index in [9.17, 15) is 4.79 Å². The topological polar surface area (TPSA) is 65.0 Å². The second-order valence-corrected chi connectivity index (χ2v) is 1.48. The van der Waals surface area contributed by atoms with E-state index in [-0.39, 0.29) is 6.61 Å². The molecule has 0 amide bonds. The number of rotatable bonds is 4. The van der Waals surface area contributed by atoms with Gasteiger partial charge < -0.3 is 19.3 Å². The van der Waals surface area contributed by atoms with Gasteiger partial charge in [-0.2, -0.15) is 0 Å². The van der Waals surface area contributed by atoms with Gasteiger partial charge in [-0.1, -0.05) is 0 Å². The fraction of sp³-hybridized carbons (Fsp3) is 0.800. The first-order chi connectivity index (χ1) is 4.70. The van der Waals surface area contributed by atoms with Crippen molar-refractivity contribution in [1.29, 1.82) is 0 Å². The van der Waals surface area contributed by atoms with Crippen LogP contribution in [-0.4, -0.2) is 38.4 Å². The molecular weight excluding hydrogens is 140 g/mol. The van der Waals surface area contributed by atoms with Gasteiger partial charge in [-0.05, 0) is 0 Å². The zero-order valence-corrected chi connectivity index (χ0v) is 5.86. The van der Waals surface area contributed by atoms with Crippen LogP contribution >= 0.6 is 0 Å². The standard InChI is InChI=1S/C5H10O5/c1-8-4(9-2)3-10-5(6)7/h4H,3H2,1-2H3,(H,6,7). The largest absolute Gasteiger partial charge is 0.505 e. The Morgan fingerprint density at radius 3 is 2.30 bits per heavy atom. The minimum atomic E-state index is -1.33. The Bertz CT molecular complexity index is 98.2. The lowest BCUT2D eigenvalue weighted by atomic mass is 10.7. The van der Waals surface area contributed by atoms with Crippen LogP contribution in [0.5, 0.6) is 0 Å². The molecule has 0 saturated heterocycles. The van der Waals surface area contributed by atoms with Crippen LogP contribution in [0, 0.1) is 0 Å². The summed E-state index contributed by atoms with van der Waals surface area (Å²) in [5.41, 5.74) is 0. The van der Waals surface area contributed by atoms with Crippen molar-refractivity contribution in [2.75, 3.05) is 20.8 Å². The minimum absolute atomic E-state index is 0.109. The van der Waals surface area contributed by atoms with E-state index in [4.69, 9.17) is 5.11 Å². The third kappa shape index (κ3) is 4.11. The quantitative estimate of drug-likeness (QED) is 0.461. The van der Waals surface area contributed by atoms with Gasteiger partial charge in [0.15, 0.2) is 6.29 Å². The van der Waals surface area contributed by atoms with E-state index in [2.05, 4.69) is 14.2 Å². The zero-order chi connectivity index (χ0) is 7.98. The average Bonchev–Trinajstić information content (AvgIpc) is 1.90. The fourth-order valence-electron chi connectivity index (χ4n) is 0.372. The van der Waals surface area contributed by atoms with Crippen LogP contribution in [0.2, 0.25) is 0 Å². The SMILES string of the molecule is COC(COC(=O)O)OC. The maximum Gasteiger partial charge on any atom is 0.505 e. The molecule has 0 spiro atoms. The van der Waals surface area contributed by atoms with Crippen LogP contribution in [0.15, 0.2) is 0 Å². The summed E-state index contributed by atoms with van der Waals surface area (Å²) in [6.45, 7) is -0.109. The molecule has 0 bridgehead atoms. The highest BCUT2D eigenvalue weighted by Crippen LogP contribution is 1.91. The molecule has 10 heavy (non-hydrogen) atoms. The summed E-state index contributed by atoms with van der Waals surface area (Å²) in [6.07, 6.45) is -1.95. The minimum Gasteiger partial charge on any atom is -0.450 e. The molecule has 0 atom stereocenters. The Kier molecular flexibility index (Phi) is 4.61. The number of carboxylic acid groups (broad SMARTS) is 1. The van der Waals surface area contributed by atoms with Gasteiger partial charge >= 0.3 is 6.16 Å². The molecular formula is C5H10O5. The maximum atomic E-state index is 9.80. The summed E-state index contributed by atoms with van der Waals surface area (Å²) in [6, 6.07) is 0. The predicted molar refractivity (Wildman–Crippen MR) is 31.8 cm³/mol. The highest BCUT2D eigenvalue weighted by Gasteiger charge is 2.07. The highest BCUT2D eigenvalue weighted by molar-refractivity contribution is 5.56. The molecule has 0 rings (SSSR count). The van der Waals surface area contributed by atoms with E-state index in [1.165, 1.54) is 14.2 Å². The summed E-state index contributed by atoms with van der Waals surface area (Å²) < 4.78 is 13.4. The highest BCUT2D eigenvalue weighted by atomic mass is 16.7. The van der Waals surface area contributed by atoms with Gasteiger partial charge in [-0.3, -0.25) is 0 Å². The molecule has 5 nitrogen and oxygen atoms in total. The van der Waals surface area contributed by atoms with Crippen molar-refractivity contribution < 1.29 is 24.1 Å². The Labute approximate surface area is 58.5 Å². The lowest BCUT2D eigenvalue weighted by Gasteiger charge is -2.10. The van der Waals surface area contributed by atoms with Crippen molar-refractivity contribution in [1.82, 2.24) is 0 Å². The van der Waals surface area contributed by atoms with Crippen LogP contribution in [0.25, 0.3) is 0 Å². The first-order valence-corrected chi connectivity index (χ1v) is 2.62. The van der Waals surface area contributed by atoms with Crippen molar-refractivity contribution in [3.8, 4) is 0 Å². The monoisotopic (exact) mass is 150 g/mol. The zero-order valence-electron chi connectivity index (χ0n) is 5.86. The van der Waals surface area contributed by atoms with E-state index >= 15 is 0 Å². The molecule has 0 aromatic heterocycles. The smallest absolute Gasteiger partial charge is 0.450 e. The van der Waals surface area contributed by atoms with Gasteiger partial charge in [0.05, 0.1) is 0 Å². The first kappa shape index (κ1) is 9.19. The van der Waals surface area contributed by atoms with Gasteiger partial charge in [0, 0.05) is 14.2 Å². The lowest BCUT2D eigenvalue weighted by Crippen LogP contribution is -2.21. The summed E-state index contributed by atoms with van der Waals surface area (Å²) in [5.74, 6) is 0. The van der Waals surface area contributed by atoms with Gasteiger partial charge in [-0.15, -0.1) is 0 Å². The first-order valence-electron chi connectivity index (χ1n) is 2.62. The second-order valence-electron chi connectivity index (χ2n) is 1.48. The molecule has 0 unspecified atom stereocenters. The molecule has 60 valence electrons. The van der Waals surface area contributed by atoms with Crippen LogP contribution in [0.4, 0.5) is 4.79 Å². The molecule has 1 N–H and O–H groups in total. The van der Waals surface area contributed by atoms with E-state index in [0.29, 0.717) is 0 Å². The Morgan fingerprint density at radius 1 is 1.50 bits per heavy atom. The van der Waals surface area contributed by atoms with E-state index < -0.39 is 12.4 Å². The normalized spacial score (nSPS) is 9.90. The maximum absolute atomic E-state index is 9.80. The number of hydrogen-bond acceptors (Lipinski definition) is 4. The van der Waals surface area contributed by atoms with Crippen molar-refractivity contribution in [2.24, 2.45) is 0 Å². The van der Waals surface area contributed by atoms with Crippen LogP contribution in [0.1, 0.15) is 0 Å². The van der Waals surface area contributed by atoms with E-state index in [0.717, 1.165) is 0 Å². The molecule has 0 aromatic carbocycles. The molecule has 0 aliphatic carbocycles. The van der Waals surface area contributed by atoms with Crippen LogP contribution in [-0.2, 0) is 14.2 Å². The number of carbonyl (C=O) groups is 1. The number of hydrogen-bond donors (Lipinski definition) is 1. The van der Waals surface area contributed by atoms with Gasteiger partial charge in [-0.25, -0.2) is 4.79 Å². The molecule has 0 radical (unpaired) electrons. The Hall–Kier alpha value is -0.810. The molecule has 0 aliphatic heterocycles. The molecule has 0 aromatic rings. The predicted octanol–water partition coefficient (Wildman–Crippen LogP) is 0.300. The fourth-order valence-corrected chi connectivity index (χ4v) is 0.372. The van der Waals surface area contributed by atoms with Crippen molar-refractivity contribution in [3.05, 3.63) is 0 Å². The summed E-state index contributed by atoms with van der Waals surface area (Å²) in [7, 11) is 2.80. The van der Waals surface area contributed by atoms with Crippen molar-refractivity contribution in [2.45, 2.75) is 6.29 Å². The molecule has 0 aliphatic rings. The van der Waals surface area contributed by atoms with Gasteiger partial charge in [0.25, 0.3) is 0 Å². The van der Waals surface area contributed by atoms with E-state index in [1.807, 2.05) is 0 Å². The number of methoxy groups -OCH3 is 2. The molecule has 0 saturated carbocycles. The lowest BCUT2D eigenvalue weighted by molar-refractivity contribution is -0.131. The van der Waals surface area contributed by atoms with Crippen molar-refractivity contribution >= 4 is 6.16 Å².